The minimum Gasteiger partial charge on any atom is -0.394 e. The molecule has 5 heteroatoms. The molecule has 1 fully saturated rings. The Hall–Kier alpha value is -0.200. The summed E-state index contributed by atoms with van der Waals surface area (Å²) in [5, 5.41) is 18.2. The third-order valence-electron chi connectivity index (χ3n) is 2.40. The maximum Gasteiger partial charge on any atom is 0.166 e. The first-order chi connectivity index (χ1) is 7.09. The molecule has 0 aromatic rings. The summed E-state index contributed by atoms with van der Waals surface area (Å²) in [4.78, 5) is 0. The molecular weight excluding hydrogens is 200 g/mol. The minimum atomic E-state index is -0.771. The molecule has 1 aliphatic heterocycles. The summed E-state index contributed by atoms with van der Waals surface area (Å²) >= 11 is 0. The normalized spacial score (nSPS) is 33.2. The molecule has 1 aliphatic rings. The number of rotatable bonds is 6. The van der Waals surface area contributed by atoms with Gasteiger partial charge >= 0.3 is 0 Å². The molecule has 0 aromatic heterocycles. The topological polar surface area (TPSA) is 68.2 Å². The highest BCUT2D eigenvalue weighted by molar-refractivity contribution is 4.74. The third-order valence-corrected chi connectivity index (χ3v) is 2.40. The van der Waals surface area contributed by atoms with E-state index in [0.29, 0.717) is 26.1 Å². The Morgan fingerprint density at radius 2 is 2.33 bits per heavy atom. The van der Waals surface area contributed by atoms with E-state index >= 15 is 0 Å². The van der Waals surface area contributed by atoms with Crippen molar-refractivity contribution in [2.75, 3.05) is 19.8 Å². The molecule has 3 atom stereocenters. The number of hydrogen-bond acceptors (Lipinski definition) is 5. The fourth-order valence-corrected chi connectivity index (χ4v) is 1.57. The van der Waals surface area contributed by atoms with Gasteiger partial charge in [0.1, 0.15) is 6.10 Å². The lowest BCUT2D eigenvalue weighted by molar-refractivity contribution is -0.179. The molecule has 0 saturated carbocycles. The van der Waals surface area contributed by atoms with Crippen molar-refractivity contribution in [1.82, 2.24) is 0 Å². The number of hydrogen-bond donors (Lipinski definition) is 2. The van der Waals surface area contributed by atoms with Gasteiger partial charge in [0.25, 0.3) is 0 Å². The SMILES string of the molecule is CCOC(O)CCC1(C)OCC(CO)O1. The molecule has 15 heavy (non-hydrogen) atoms. The molecule has 3 unspecified atom stereocenters. The van der Waals surface area contributed by atoms with Crippen LogP contribution in [0.5, 0.6) is 0 Å². The zero-order valence-electron chi connectivity index (χ0n) is 9.31. The van der Waals surface area contributed by atoms with Crippen LogP contribution in [0.1, 0.15) is 26.7 Å². The number of aliphatic hydroxyl groups excluding tert-OH is 2. The summed E-state index contributed by atoms with van der Waals surface area (Å²) in [6.45, 7) is 4.48. The quantitative estimate of drug-likeness (QED) is 0.628. The highest BCUT2D eigenvalue weighted by Crippen LogP contribution is 2.28. The Morgan fingerprint density at radius 1 is 1.60 bits per heavy atom. The average molecular weight is 220 g/mol. The zero-order chi connectivity index (χ0) is 11.3. The fraction of sp³-hybridized carbons (Fsp3) is 1.00. The lowest BCUT2D eigenvalue weighted by Crippen LogP contribution is -2.29. The summed E-state index contributed by atoms with van der Waals surface area (Å²) in [5.41, 5.74) is 0. The van der Waals surface area contributed by atoms with Gasteiger partial charge in [-0.1, -0.05) is 0 Å². The smallest absolute Gasteiger partial charge is 0.166 e. The Morgan fingerprint density at radius 3 is 2.87 bits per heavy atom. The Bertz CT molecular complexity index is 187. The molecule has 0 aliphatic carbocycles. The number of aliphatic hydroxyl groups is 2. The van der Waals surface area contributed by atoms with Gasteiger partial charge in [-0.15, -0.1) is 0 Å². The second-order valence-corrected chi connectivity index (χ2v) is 3.82. The lowest BCUT2D eigenvalue weighted by atomic mass is 10.1. The molecule has 2 N–H and O–H groups in total. The van der Waals surface area contributed by atoms with Crippen LogP contribution < -0.4 is 0 Å². The van der Waals surface area contributed by atoms with Crippen LogP contribution in [0.15, 0.2) is 0 Å². The molecule has 1 heterocycles. The zero-order valence-corrected chi connectivity index (χ0v) is 9.31. The highest BCUT2D eigenvalue weighted by Gasteiger charge is 2.36. The van der Waals surface area contributed by atoms with E-state index in [2.05, 4.69) is 0 Å². The molecule has 1 rings (SSSR count). The van der Waals surface area contributed by atoms with E-state index in [1.807, 2.05) is 6.92 Å². The van der Waals surface area contributed by atoms with E-state index in [9.17, 15) is 5.11 Å². The van der Waals surface area contributed by atoms with Crippen LogP contribution >= 0.6 is 0 Å². The largest absolute Gasteiger partial charge is 0.394 e. The van der Waals surface area contributed by atoms with Gasteiger partial charge in [0.15, 0.2) is 12.1 Å². The molecule has 0 amide bonds. The van der Waals surface area contributed by atoms with Crippen LogP contribution in [0, 0.1) is 0 Å². The molecule has 0 spiro atoms. The monoisotopic (exact) mass is 220 g/mol. The van der Waals surface area contributed by atoms with Crippen LogP contribution in [-0.4, -0.2) is 48.2 Å². The van der Waals surface area contributed by atoms with Crippen LogP contribution in [-0.2, 0) is 14.2 Å². The third kappa shape index (κ3) is 4.04. The van der Waals surface area contributed by atoms with Crippen molar-refractivity contribution < 1.29 is 24.4 Å². The van der Waals surface area contributed by atoms with E-state index in [4.69, 9.17) is 19.3 Å². The predicted molar refractivity (Wildman–Crippen MR) is 53.2 cm³/mol. The maximum absolute atomic E-state index is 9.36. The van der Waals surface area contributed by atoms with Crippen molar-refractivity contribution in [3.63, 3.8) is 0 Å². The van der Waals surface area contributed by atoms with Crippen molar-refractivity contribution in [3.05, 3.63) is 0 Å². The van der Waals surface area contributed by atoms with E-state index in [-0.39, 0.29) is 12.7 Å². The lowest BCUT2D eigenvalue weighted by Gasteiger charge is -2.24. The van der Waals surface area contributed by atoms with Gasteiger partial charge in [0, 0.05) is 19.4 Å². The van der Waals surface area contributed by atoms with Gasteiger partial charge in [0.05, 0.1) is 13.2 Å². The first-order valence-corrected chi connectivity index (χ1v) is 5.32. The minimum absolute atomic E-state index is 0.0381. The highest BCUT2D eigenvalue weighted by atomic mass is 16.7. The van der Waals surface area contributed by atoms with Crippen molar-refractivity contribution in [2.45, 2.75) is 44.9 Å². The summed E-state index contributed by atoms with van der Waals surface area (Å²) < 4.78 is 15.9. The van der Waals surface area contributed by atoms with E-state index in [0.717, 1.165) is 0 Å². The molecular formula is C10H20O5. The van der Waals surface area contributed by atoms with E-state index in [1.54, 1.807) is 6.92 Å². The van der Waals surface area contributed by atoms with Crippen LogP contribution in [0.25, 0.3) is 0 Å². The second-order valence-electron chi connectivity index (χ2n) is 3.82. The predicted octanol–water partition coefficient (Wildman–Crippen LogP) is 0.245. The fourth-order valence-electron chi connectivity index (χ4n) is 1.57. The van der Waals surface area contributed by atoms with E-state index in [1.165, 1.54) is 0 Å². The van der Waals surface area contributed by atoms with Crippen LogP contribution in [0.3, 0.4) is 0 Å². The molecule has 5 nitrogen and oxygen atoms in total. The van der Waals surface area contributed by atoms with Gasteiger partial charge in [-0.25, -0.2) is 0 Å². The van der Waals surface area contributed by atoms with Gasteiger partial charge in [0.2, 0.25) is 0 Å². The molecule has 1 saturated heterocycles. The van der Waals surface area contributed by atoms with Gasteiger partial charge in [-0.05, 0) is 13.8 Å². The standard InChI is InChI=1S/C10H20O5/c1-3-13-9(12)4-5-10(2)14-7-8(6-11)15-10/h8-9,11-12H,3-7H2,1-2H3. The first kappa shape index (κ1) is 12.9. The second kappa shape index (κ2) is 5.77. The number of ether oxygens (including phenoxy) is 3. The molecule has 0 bridgehead atoms. The Balaban J connectivity index is 2.25. The Kier molecular flexibility index (Phi) is 4.95. The summed E-state index contributed by atoms with van der Waals surface area (Å²) in [7, 11) is 0. The van der Waals surface area contributed by atoms with Crippen molar-refractivity contribution in [2.24, 2.45) is 0 Å². The summed E-state index contributed by atoms with van der Waals surface area (Å²) in [5.74, 6) is -0.703. The van der Waals surface area contributed by atoms with Gasteiger partial charge < -0.3 is 24.4 Å². The van der Waals surface area contributed by atoms with E-state index < -0.39 is 12.1 Å². The Labute approximate surface area is 89.9 Å². The summed E-state index contributed by atoms with van der Waals surface area (Å²) in [6, 6.07) is 0. The maximum atomic E-state index is 9.36. The molecule has 90 valence electrons. The van der Waals surface area contributed by atoms with Crippen molar-refractivity contribution >= 4 is 0 Å². The summed E-state index contributed by atoms with van der Waals surface area (Å²) in [6.07, 6.45) is -0.0147. The van der Waals surface area contributed by atoms with Crippen molar-refractivity contribution in [3.8, 4) is 0 Å². The van der Waals surface area contributed by atoms with Gasteiger partial charge in [-0.2, -0.15) is 0 Å². The molecule has 0 aromatic carbocycles. The van der Waals surface area contributed by atoms with Crippen LogP contribution in [0.4, 0.5) is 0 Å². The molecule has 0 radical (unpaired) electrons. The van der Waals surface area contributed by atoms with Gasteiger partial charge in [-0.3, -0.25) is 0 Å². The average Bonchev–Trinajstić information content (AvgIpc) is 2.59. The van der Waals surface area contributed by atoms with Crippen molar-refractivity contribution in [1.29, 1.82) is 0 Å². The first-order valence-electron chi connectivity index (χ1n) is 5.32. The van der Waals surface area contributed by atoms with Crippen LogP contribution in [0.2, 0.25) is 0 Å².